The molecular formula is C20H34O5. The third kappa shape index (κ3) is 9.17. The van der Waals surface area contributed by atoms with E-state index in [0.717, 1.165) is 38.5 Å². The van der Waals surface area contributed by atoms with E-state index in [4.69, 9.17) is 9.84 Å². The molecule has 5 heteroatoms. The van der Waals surface area contributed by atoms with Crippen LogP contribution in [0.15, 0.2) is 12.2 Å². The van der Waals surface area contributed by atoms with Crippen molar-refractivity contribution in [1.29, 1.82) is 0 Å². The van der Waals surface area contributed by atoms with Gasteiger partial charge in [0.25, 0.3) is 0 Å². The SMILES string of the molecule is COCCCC(C)(O)C=CC1CCC(=O)C1CCCCCCC(=O)O. The minimum Gasteiger partial charge on any atom is -0.481 e. The molecule has 0 amide bonds. The Morgan fingerprint density at radius 3 is 2.68 bits per heavy atom. The summed E-state index contributed by atoms with van der Waals surface area (Å²) in [5.74, 6) is -0.126. The van der Waals surface area contributed by atoms with Crippen LogP contribution in [-0.4, -0.2) is 41.3 Å². The van der Waals surface area contributed by atoms with Crippen LogP contribution in [0.5, 0.6) is 0 Å². The van der Waals surface area contributed by atoms with Crippen molar-refractivity contribution in [1.82, 2.24) is 0 Å². The van der Waals surface area contributed by atoms with E-state index in [1.54, 1.807) is 14.0 Å². The van der Waals surface area contributed by atoms with Gasteiger partial charge in [-0.15, -0.1) is 0 Å². The molecule has 5 nitrogen and oxygen atoms in total. The average Bonchev–Trinajstić information content (AvgIpc) is 2.89. The molecule has 0 saturated heterocycles. The Morgan fingerprint density at radius 2 is 2.00 bits per heavy atom. The van der Waals surface area contributed by atoms with Crippen LogP contribution < -0.4 is 0 Å². The summed E-state index contributed by atoms with van der Waals surface area (Å²) in [6.07, 6.45) is 11.5. The molecule has 1 aliphatic rings. The van der Waals surface area contributed by atoms with Crippen LogP contribution in [0.4, 0.5) is 0 Å². The predicted octanol–water partition coefficient (Wildman–Crippen LogP) is 3.74. The summed E-state index contributed by atoms with van der Waals surface area (Å²) in [5, 5.41) is 19.0. The van der Waals surface area contributed by atoms with E-state index in [2.05, 4.69) is 0 Å². The van der Waals surface area contributed by atoms with Gasteiger partial charge in [0.05, 0.1) is 5.60 Å². The summed E-state index contributed by atoms with van der Waals surface area (Å²) in [5.41, 5.74) is -0.856. The first-order chi connectivity index (χ1) is 11.9. The first-order valence-electron chi connectivity index (χ1n) is 9.51. The number of ketones is 1. The zero-order valence-corrected chi connectivity index (χ0v) is 15.7. The van der Waals surface area contributed by atoms with Crippen LogP contribution in [0.2, 0.25) is 0 Å². The number of unbranched alkanes of at least 4 members (excludes halogenated alkanes) is 3. The number of Topliss-reactive ketones (excluding diaryl/α,β-unsaturated/α-hetero) is 1. The lowest BCUT2D eigenvalue weighted by molar-refractivity contribution is -0.137. The lowest BCUT2D eigenvalue weighted by Gasteiger charge is -2.21. The van der Waals surface area contributed by atoms with Crippen LogP contribution in [0.25, 0.3) is 0 Å². The number of hydrogen-bond donors (Lipinski definition) is 2. The summed E-state index contributed by atoms with van der Waals surface area (Å²) < 4.78 is 5.02. The number of carbonyl (C=O) groups excluding carboxylic acids is 1. The summed E-state index contributed by atoms with van der Waals surface area (Å²) in [6.45, 7) is 2.43. The predicted molar refractivity (Wildman–Crippen MR) is 97.4 cm³/mol. The number of allylic oxidation sites excluding steroid dienone is 1. The highest BCUT2D eigenvalue weighted by Gasteiger charge is 2.32. The summed E-state index contributed by atoms with van der Waals surface area (Å²) >= 11 is 0. The number of rotatable bonds is 13. The fourth-order valence-electron chi connectivity index (χ4n) is 3.52. The first kappa shape index (κ1) is 21.8. The molecule has 1 saturated carbocycles. The molecule has 0 aromatic heterocycles. The largest absolute Gasteiger partial charge is 0.481 e. The number of ether oxygens (including phenoxy) is 1. The topological polar surface area (TPSA) is 83.8 Å². The maximum Gasteiger partial charge on any atom is 0.303 e. The Bertz CT molecular complexity index is 441. The molecule has 3 atom stereocenters. The quantitative estimate of drug-likeness (QED) is 0.389. The van der Waals surface area contributed by atoms with Crippen molar-refractivity contribution in [2.24, 2.45) is 11.8 Å². The third-order valence-electron chi connectivity index (χ3n) is 5.04. The summed E-state index contributed by atoms with van der Waals surface area (Å²) in [7, 11) is 1.65. The van der Waals surface area contributed by atoms with Crippen molar-refractivity contribution in [3.63, 3.8) is 0 Å². The van der Waals surface area contributed by atoms with Crippen molar-refractivity contribution in [2.75, 3.05) is 13.7 Å². The van der Waals surface area contributed by atoms with Gasteiger partial charge in [-0.1, -0.05) is 31.4 Å². The minimum atomic E-state index is -0.856. The molecule has 1 rings (SSSR count). The first-order valence-corrected chi connectivity index (χ1v) is 9.51. The highest BCUT2D eigenvalue weighted by molar-refractivity contribution is 5.83. The van der Waals surface area contributed by atoms with E-state index < -0.39 is 11.6 Å². The van der Waals surface area contributed by atoms with Crippen LogP contribution in [-0.2, 0) is 14.3 Å². The van der Waals surface area contributed by atoms with E-state index in [9.17, 15) is 14.7 Å². The van der Waals surface area contributed by atoms with Gasteiger partial charge in [-0.25, -0.2) is 0 Å². The molecule has 0 heterocycles. The third-order valence-corrected chi connectivity index (χ3v) is 5.04. The van der Waals surface area contributed by atoms with Crippen molar-refractivity contribution in [3.8, 4) is 0 Å². The Hall–Kier alpha value is -1.20. The molecule has 0 aromatic rings. The second kappa shape index (κ2) is 11.4. The Balaban J connectivity index is 2.38. The van der Waals surface area contributed by atoms with Crippen LogP contribution in [0, 0.1) is 11.8 Å². The number of aliphatic carboxylic acids is 1. The monoisotopic (exact) mass is 354 g/mol. The van der Waals surface area contributed by atoms with Gasteiger partial charge in [-0.05, 0) is 44.9 Å². The fourth-order valence-corrected chi connectivity index (χ4v) is 3.52. The van der Waals surface area contributed by atoms with Gasteiger partial charge in [0.1, 0.15) is 5.78 Å². The van der Waals surface area contributed by atoms with Gasteiger partial charge in [-0.2, -0.15) is 0 Å². The lowest BCUT2D eigenvalue weighted by atomic mass is 9.88. The van der Waals surface area contributed by atoms with E-state index in [0.29, 0.717) is 31.7 Å². The second-order valence-electron chi connectivity index (χ2n) is 7.43. The number of carboxylic acid groups (broad SMARTS) is 1. The van der Waals surface area contributed by atoms with Crippen molar-refractivity contribution in [2.45, 2.75) is 76.7 Å². The minimum absolute atomic E-state index is 0.0606. The Labute approximate surface area is 151 Å². The van der Waals surface area contributed by atoms with Crippen LogP contribution in [0.3, 0.4) is 0 Å². The van der Waals surface area contributed by atoms with E-state index >= 15 is 0 Å². The number of methoxy groups -OCH3 is 1. The van der Waals surface area contributed by atoms with E-state index in [-0.39, 0.29) is 18.3 Å². The van der Waals surface area contributed by atoms with Crippen molar-refractivity contribution >= 4 is 11.8 Å². The molecule has 25 heavy (non-hydrogen) atoms. The van der Waals surface area contributed by atoms with Crippen LogP contribution in [0.1, 0.15) is 71.1 Å². The Morgan fingerprint density at radius 1 is 1.28 bits per heavy atom. The van der Waals surface area contributed by atoms with Crippen molar-refractivity contribution < 1.29 is 24.5 Å². The van der Waals surface area contributed by atoms with E-state index in [1.165, 1.54) is 0 Å². The number of hydrogen-bond acceptors (Lipinski definition) is 4. The smallest absolute Gasteiger partial charge is 0.303 e. The lowest BCUT2D eigenvalue weighted by Crippen LogP contribution is -2.22. The average molecular weight is 354 g/mol. The Kier molecular flexibility index (Phi) is 9.98. The standard InChI is InChI=1S/C20H34O5/c1-20(24,13-7-15-25-2)14-12-16-10-11-18(21)17(16)8-5-3-4-6-9-19(22)23/h12,14,16-17,24H,3-11,13,15H2,1-2H3,(H,22,23). The normalized spacial score (nSPS) is 23.2. The molecular weight excluding hydrogens is 320 g/mol. The second-order valence-corrected chi connectivity index (χ2v) is 7.43. The number of carboxylic acids is 1. The molecule has 0 spiro atoms. The summed E-state index contributed by atoms with van der Waals surface area (Å²) in [4.78, 5) is 22.6. The fraction of sp³-hybridized carbons (Fsp3) is 0.800. The molecule has 1 aliphatic carbocycles. The molecule has 1 fully saturated rings. The van der Waals surface area contributed by atoms with Crippen LogP contribution >= 0.6 is 0 Å². The van der Waals surface area contributed by atoms with Gasteiger partial charge in [0.2, 0.25) is 0 Å². The molecule has 144 valence electrons. The zero-order valence-electron chi connectivity index (χ0n) is 15.7. The molecule has 0 aromatic carbocycles. The van der Waals surface area contributed by atoms with Gasteiger partial charge >= 0.3 is 5.97 Å². The van der Waals surface area contributed by atoms with Gasteiger partial charge in [0.15, 0.2) is 0 Å². The number of carbonyl (C=O) groups is 2. The summed E-state index contributed by atoms with van der Waals surface area (Å²) in [6, 6.07) is 0. The van der Waals surface area contributed by atoms with Gasteiger partial charge in [0, 0.05) is 32.5 Å². The molecule has 0 aliphatic heterocycles. The maximum atomic E-state index is 12.1. The molecule has 0 radical (unpaired) electrons. The maximum absolute atomic E-state index is 12.1. The molecule has 0 bridgehead atoms. The highest BCUT2D eigenvalue weighted by atomic mass is 16.5. The van der Waals surface area contributed by atoms with Gasteiger partial charge in [-0.3, -0.25) is 9.59 Å². The molecule has 3 unspecified atom stereocenters. The zero-order chi connectivity index (χ0) is 18.7. The molecule has 2 N–H and O–H groups in total. The number of aliphatic hydroxyl groups is 1. The highest BCUT2D eigenvalue weighted by Crippen LogP contribution is 2.34. The van der Waals surface area contributed by atoms with Crippen molar-refractivity contribution in [3.05, 3.63) is 12.2 Å². The van der Waals surface area contributed by atoms with Gasteiger partial charge < -0.3 is 14.9 Å². The van der Waals surface area contributed by atoms with E-state index in [1.807, 2.05) is 12.2 Å².